The number of carbonyl (C=O) groups excluding carboxylic acids is 1. The Morgan fingerprint density at radius 3 is 2.83 bits per heavy atom. The van der Waals surface area contributed by atoms with Gasteiger partial charge in [-0.05, 0) is 53.2 Å². The first-order valence-corrected chi connectivity index (χ1v) is 9.68. The van der Waals surface area contributed by atoms with Crippen LogP contribution in [0.15, 0.2) is 40.2 Å². The molecule has 0 aliphatic rings. The molecular weight excluding hydrogens is 408 g/mol. The lowest BCUT2D eigenvalue weighted by molar-refractivity contribution is 0.0951. The van der Waals surface area contributed by atoms with Crippen LogP contribution in [0.1, 0.15) is 20.2 Å². The van der Waals surface area contributed by atoms with Crippen molar-refractivity contribution in [1.82, 2.24) is 10.3 Å². The molecule has 0 fully saturated rings. The predicted molar refractivity (Wildman–Crippen MR) is 102 cm³/mol. The van der Waals surface area contributed by atoms with Gasteiger partial charge in [0, 0.05) is 15.8 Å². The van der Waals surface area contributed by atoms with Crippen LogP contribution < -0.4 is 10.1 Å². The Balaban J connectivity index is 1.64. The maximum atomic E-state index is 12.3. The Bertz CT molecular complexity index is 873. The average Bonchev–Trinajstić information content (AvgIpc) is 3.21. The summed E-state index contributed by atoms with van der Waals surface area (Å²) in [6.07, 6.45) is 0. The smallest absolute Gasteiger partial charge is 0.251 e. The third-order valence-corrected chi connectivity index (χ3v) is 5.87. The number of hydrogen-bond acceptors (Lipinski definition) is 5. The molecule has 3 aromatic rings. The molecule has 0 unspecified atom stereocenters. The van der Waals surface area contributed by atoms with E-state index in [0.717, 1.165) is 24.9 Å². The number of ether oxygens (including phenoxy) is 1. The quantitative estimate of drug-likeness (QED) is 0.637. The van der Waals surface area contributed by atoms with Crippen LogP contribution in [0.5, 0.6) is 5.75 Å². The van der Waals surface area contributed by atoms with E-state index in [1.54, 1.807) is 48.0 Å². The number of halogens is 1. The zero-order valence-electron chi connectivity index (χ0n) is 13.1. The Kier molecular flexibility index (Phi) is 5.33. The number of methoxy groups -OCH3 is 1. The van der Waals surface area contributed by atoms with Crippen molar-refractivity contribution in [3.05, 3.63) is 55.6 Å². The van der Waals surface area contributed by atoms with E-state index in [0.29, 0.717) is 17.9 Å². The first-order valence-electron chi connectivity index (χ1n) is 7.20. The van der Waals surface area contributed by atoms with E-state index >= 15 is 0 Å². The molecule has 0 spiro atoms. The molecule has 124 valence electrons. The summed E-state index contributed by atoms with van der Waals surface area (Å²) >= 11 is 6.68. The van der Waals surface area contributed by atoms with Gasteiger partial charge >= 0.3 is 0 Å². The predicted octanol–water partition coefficient (Wildman–Crippen LogP) is 4.88. The second kappa shape index (κ2) is 7.46. The van der Waals surface area contributed by atoms with Gasteiger partial charge < -0.3 is 10.1 Å². The van der Waals surface area contributed by atoms with Crippen molar-refractivity contribution in [2.75, 3.05) is 7.11 Å². The Morgan fingerprint density at radius 2 is 2.17 bits per heavy atom. The molecule has 1 N–H and O–H groups in total. The molecule has 4 nitrogen and oxygen atoms in total. The summed E-state index contributed by atoms with van der Waals surface area (Å²) in [6, 6.07) is 9.35. The summed E-state index contributed by atoms with van der Waals surface area (Å²) in [5.74, 6) is 0.589. The highest BCUT2D eigenvalue weighted by Crippen LogP contribution is 2.29. The van der Waals surface area contributed by atoms with Crippen molar-refractivity contribution in [2.24, 2.45) is 0 Å². The third kappa shape index (κ3) is 3.85. The zero-order chi connectivity index (χ0) is 17.1. The molecule has 1 amide bonds. The van der Waals surface area contributed by atoms with Gasteiger partial charge in [0.25, 0.3) is 5.91 Å². The monoisotopic (exact) mass is 422 g/mol. The van der Waals surface area contributed by atoms with Gasteiger partial charge in [-0.25, -0.2) is 4.98 Å². The number of carbonyl (C=O) groups is 1. The summed E-state index contributed by atoms with van der Waals surface area (Å²) < 4.78 is 5.93. The fourth-order valence-corrected chi connectivity index (χ4v) is 4.30. The normalized spacial score (nSPS) is 10.6. The van der Waals surface area contributed by atoms with Gasteiger partial charge in [0.2, 0.25) is 0 Å². The van der Waals surface area contributed by atoms with Crippen molar-refractivity contribution in [3.8, 4) is 16.3 Å². The number of thiazole rings is 1. The molecular formula is C17H15BrN2O2S2. The van der Waals surface area contributed by atoms with E-state index in [2.05, 4.69) is 31.6 Å². The average molecular weight is 423 g/mol. The molecule has 0 radical (unpaired) electrons. The van der Waals surface area contributed by atoms with E-state index in [1.807, 2.05) is 19.1 Å². The fraction of sp³-hybridized carbons (Fsp3) is 0.176. The van der Waals surface area contributed by atoms with Crippen LogP contribution in [0.4, 0.5) is 0 Å². The van der Waals surface area contributed by atoms with Crippen LogP contribution >= 0.6 is 38.6 Å². The van der Waals surface area contributed by atoms with Gasteiger partial charge in [0.1, 0.15) is 5.75 Å². The molecule has 0 bridgehead atoms. The summed E-state index contributed by atoms with van der Waals surface area (Å²) in [4.78, 5) is 19.0. The number of benzene rings is 1. The molecule has 0 saturated heterocycles. The number of nitrogens with zero attached hydrogens (tertiary/aromatic N) is 1. The van der Waals surface area contributed by atoms with Crippen molar-refractivity contribution >= 4 is 44.5 Å². The van der Waals surface area contributed by atoms with Crippen molar-refractivity contribution in [2.45, 2.75) is 13.5 Å². The van der Waals surface area contributed by atoms with E-state index in [9.17, 15) is 4.79 Å². The van der Waals surface area contributed by atoms with E-state index in [-0.39, 0.29) is 5.91 Å². The number of nitrogens with one attached hydrogen (secondary N) is 1. The highest BCUT2D eigenvalue weighted by atomic mass is 79.9. The lowest BCUT2D eigenvalue weighted by Gasteiger charge is -2.07. The van der Waals surface area contributed by atoms with Crippen molar-refractivity contribution in [1.29, 1.82) is 0 Å². The standard InChI is InChI=1S/C17H15BrN2O2S2/c1-10-20-14(9-23-10)16-6-4-12(24-16)8-19-17(21)11-3-5-15(22-2)13(18)7-11/h3-7,9H,8H2,1-2H3,(H,19,21). The van der Waals surface area contributed by atoms with Gasteiger partial charge in [-0.3, -0.25) is 4.79 Å². The van der Waals surface area contributed by atoms with E-state index in [4.69, 9.17) is 4.74 Å². The number of amides is 1. The highest BCUT2D eigenvalue weighted by molar-refractivity contribution is 9.10. The number of hydrogen-bond donors (Lipinski definition) is 1. The minimum atomic E-state index is -0.113. The summed E-state index contributed by atoms with van der Waals surface area (Å²) in [5, 5.41) is 6.05. The summed E-state index contributed by atoms with van der Waals surface area (Å²) in [5.41, 5.74) is 1.59. The lowest BCUT2D eigenvalue weighted by atomic mass is 10.2. The SMILES string of the molecule is COc1ccc(C(=O)NCc2ccc(-c3csc(C)n3)s2)cc1Br. The Morgan fingerprint density at radius 1 is 1.33 bits per heavy atom. The number of thiophene rings is 1. The molecule has 7 heteroatoms. The van der Waals surface area contributed by atoms with Crippen LogP contribution in [0.3, 0.4) is 0 Å². The number of aromatic nitrogens is 1. The molecule has 0 aliphatic carbocycles. The second-order valence-corrected chi connectivity index (χ2v) is 8.13. The van der Waals surface area contributed by atoms with Gasteiger partial charge in [0.05, 0.1) is 33.7 Å². The van der Waals surface area contributed by atoms with Crippen LogP contribution in [0.2, 0.25) is 0 Å². The molecule has 0 atom stereocenters. The third-order valence-electron chi connectivity index (χ3n) is 3.37. The van der Waals surface area contributed by atoms with Gasteiger partial charge in [-0.2, -0.15) is 0 Å². The minimum Gasteiger partial charge on any atom is -0.496 e. The second-order valence-electron chi connectivity index (χ2n) is 5.05. The molecule has 3 rings (SSSR count). The lowest BCUT2D eigenvalue weighted by Crippen LogP contribution is -2.22. The summed E-state index contributed by atoms with van der Waals surface area (Å²) in [6.45, 7) is 2.49. The highest BCUT2D eigenvalue weighted by Gasteiger charge is 2.10. The Hall–Kier alpha value is -1.70. The topological polar surface area (TPSA) is 51.2 Å². The maximum Gasteiger partial charge on any atom is 0.251 e. The molecule has 2 aromatic heterocycles. The maximum absolute atomic E-state index is 12.3. The van der Waals surface area contributed by atoms with Crippen molar-refractivity contribution < 1.29 is 9.53 Å². The van der Waals surface area contributed by atoms with Gasteiger partial charge in [0.15, 0.2) is 0 Å². The van der Waals surface area contributed by atoms with Crippen LogP contribution in [-0.4, -0.2) is 18.0 Å². The fourth-order valence-electron chi connectivity index (χ4n) is 2.16. The first kappa shape index (κ1) is 17.1. The zero-order valence-corrected chi connectivity index (χ0v) is 16.3. The molecule has 0 saturated carbocycles. The largest absolute Gasteiger partial charge is 0.496 e. The van der Waals surface area contributed by atoms with Crippen molar-refractivity contribution in [3.63, 3.8) is 0 Å². The minimum absolute atomic E-state index is 0.113. The molecule has 1 aromatic carbocycles. The summed E-state index contributed by atoms with van der Waals surface area (Å²) in [7, 11) is 1.60. The Labute approximate surface area is 156 Å². The van der Waals surface area contributed by atoms with Gasteiger partial charge in [-0.15, -0.1) is 22.7 Å². The molecule has 0 aliphatic heterocycles. The van der Waals surface area contributed by atoms with Crippen LogP contribution in [0, 0.1) is 6.92 Å². The molecule has 2 heterocycles. The van der Waals surface area contributed by atoms with E-state index in [1.165, 1.54) is 0 Å². The molecule has 24 heavy (non-hydrogen) atoms. The van der Waals surface area contributed by atoms with Crippen LogP contribution in [-0.2, 0) is 6.54 Å². The first-order chi connectivity index (χ1) is 11.6. The number of rotatable bonds is 5. The van der Waals surface area contributed by atoms with E-state index < -0.39 is 0 Å². The number of aryl methyl sites for hydroxylation is 1. The van der Waals surface area contributed by atoms with Gasteiger partial charge in [-0.1, -0.05) is 0 Å². The van der Waals surface area contributed by atoms with Crippen LogP contribution in [0.25, 0.3) is 10.6 Å².